The summed E-state index contributed by atoms with van der Waals surface area (Å²) in [6, 6.07) is 4.58. The van der Waals surface area contributed by atoms with Gasteiger partial charge < -0.3 is 10.3 Å². The average Bonchev–Trinajstić information content (AvgIpc) is 2.86. The molecule has 128 valence electrons. The Hall–Kier alpha value is -2.43. The molecule has 0 radical (unpaired) electrons. The van der Waals surface area contributed by atoms with Gasteiger partial charge in [0, 0.05) is 11.3 Å². The molecule has 1 aromatic heterocycles. The quantitative estimate of drug-likeness (QED) is 0.813. The van der Waals surface area contributed by atoms with Gasteiger partial charge >= 0.3 is 0 Å². The molecule has 0 bridgehead atoms. The van der Waals surface area contributed by atoms with Crippen molar-refractivity contribution in [2.75, 3.05) is 0 Å². The maximum Gasteiger partial charge on any atom is 0.268 e. The fourth-order valence-electron chi connectivity index (χ4n) is 2.93. The summed E-state index contributed by atoms with van der Waals surface area (Å²) in [5.41, 5.74) is 3.66. The first-order chi connectivity index (χ1) is 11.3. The highest BCUT2D eigenvalue weighted by Gasteiger charge is 2.22. The lowest BCUT2D eigenvalue weighted by Gasteiger charge is -2.15. The third-order valence-electron chi connectivity index (χ3n) is 4.27. The van der Waals surface area contributed by atoms with Gasteiger partial charge in [-0.25, -0.2) is 4.39 Å². The van der Waals surface area contributed by atoms with E-state index in [9.17, 15) is 14.0 Å². The molecule has 1 heterocycles. The van der Waals surface area contributed by atoms with Gasteiger partial charge in [0.05, 0.1) is 6.04 Å². The fourth-order valence-corrected chi connectivity index (χ4v) is 2.93. The maximum atomic E-state index is 13.7. The smallest absolute Gasteiger partial charge is 0.268 e. The highest BCUT2D eigenvalue weighted by molar-refractivity contribution is 6.02. The van der Waals surface area contributed by atoms with Gasteiger partial charge in [-0.15, -0.1) is 0 Å². The van der Waals surface area contributed by atoms with E-state index in [0.29, 0.717) is 34.5 Å². The molecule has 24 heavy (non-hydrogen) atoms. The van der Waals surface area contributed by atoms with E-state index in [1.54, 1.807) is 32.9 Å². The summed E-state index contributed by atoms with van der Waals surface area (Å²) < 4.78 is 13.7. The number of aromatic nitrogens is 1. The van der Waals surface area contributed by atoms with Crippen LogP contribution in [0.3, 0.4) is 0 Å². The number of aryl methyl sites for hydroxylation is 2. The van der Waals surface area contributed by atoms with Crippen LogP contribution in [-0.4, -0.2) is 16.7 Å². The summed E-state index contributed by atoms with van der Waals surface area (Å²) in [6.07, 6.45) is 0.579. The molecular weight excluding hydrogens is 307 g/mol. The van der Waals surface area contributed by atoms with Crippen molar-refractivity contribution in [3.63, 3.8) is 0 Å². The summed E-state index contributed by atoms with van der Waals surface area (Å²) in [7, 11) is 0. The lowest BCUT2D eigenvalue weighted by atomic mass is 10.0. The molecule has 0 aliphatic carbocycles. The Morgan fingerprint density at radius 1 is 1.29 bits per heavy atom. The molecule has 1 aromatic carbocycles. The van der Waals surface area contributed by atoms with E-state index in [4.69, 9.17) is 0 Å². The van der Waals surface area contributed by atoms with E-state index in [1.807, 2.05) is 6.92 Å². The van der Waals surface area contributed by atoms with Crippen molar-refractivity contribution < 1.29 is 14.0 Å². The van der Waals surface area contributed by atoms with E-state index in [0.717, 1.165) is 5.56 Å². The summed E-state index contributed by atoms with van der Waals surface area (Å²) in [4.78, 5) is 27.4. The first-order valence-electron chi connectivity index (χ1n) is 8.05. The van der Waals surface area contributed by atoms with Gasteiger partial charge in [-0.1, -0.05) is 19.1 Å². The predicted octanol–water partition coefficient (Wildman–Crippen LogP) is 4.03. The summed E-state index contributed by atoms with van der Waals surface area (Å²) in [5, 5.41) is 2.87. The minimum absolute atomic E-state index is 0.0618. The minimum atomic E-state index is -0.346. The molecule has 0 fully saturated rings. The fraction of sp³-hybridized carbons (Fsp3) is 0.368. The molecule has 4 nitrogen and oxygen atoms in total. The molecule has 0 saturated carbocycles. The SMILES string of the molecule is CCc1c(C(=O)N[C@H](C)c2ccc(C)c(F)c2)[nH]c(C)c1C(C)=O. The van der Waals surface area contributed by atoms with Crippen LogP contribution in [0.25, 0.3) is 0 Å². The van der Waals surface area contributed by atoms with E-state index in [-0.39, 0.29) is 23.5 Å². The summed E-state index contributed by atoms with van der Waals surface area (Å²) in [5.74, 6) is -0.651. The Kier molecular flexibility index (Phi) is 5.22. The maximum absolute atomic E-state index is 13.7. The summed E-state index contributed by atoms with van der Waals surface area (Å²) in [6.45, 7) is 8.68. The van der Waals surface area contributed by atoms with Crippen LogP contribution < -0.4 is 5.32 Å². The molecule has 0 unspecified atom stereocenters. The number of nitrogens with one attached hydrogen (secondary N) is 2. The number of rotatable bonds is 5. The average molecular weight is 330 g/mol. The minimum Gasteiger partial charge on any atom is -0.354 e. The van der Waals surface area contributed by atoms with Crippen LogP contribution in [-0.2, 0) is 6.42 Å². The normalized spacial score (nSPS) is 12.1. The lowest BCUT2D eigenvalue weighted by Crippen LogP contribution is -2.28. The first kappa shape index (κ1) is 17.9. The van der Waals surface area contributed by atoms with Gasteiger partial charge in [0.2, 0.25) is 0 Å². The van der Waals surface area contributed by atoms with Crippen molar-refractivity contribution >= 4 is 11.7 Å². The van der Waals surface area contributed by atoms with Gasteiger partial charge in [-0.05, 0) is 56.9 Å². The highest BCUT2D eigenvalue weighted by Crippen LogP contribution is 2.22. The number of ketones is 1. The van der Waals surface area contributed by atoms with Crippen LogP contribution in [0, 0.1) is 19.7 Å². The van der Waals surface area contributed by atoms with Crippen LogP contribution in [0.1, 0.15) is 70.0 Å². The number of H-pyrrole nitrogens is 1. The van der Waals surface area contributed by atoms with Gasteiger partial charge in [0.15, 0.2) is 5.78 Å². The Morgan fingerprint density at radius 2 is 1.96 bits per heavy atom. The molecule has 0 aliphatic heterocycles. The number of halogens is 1. The lowest BCUT2D eigenvalue weighted by molar-refractivity contribution is 0.0934. The van der Waals surface area contributed by atoms with Crippen molar-refractivity contribution in [2.45, 2.75) is 47.1 Å². The second kappa shape index (κ2) is 6.99. The standard InChI is InChI=1S/C19H23FN2O2/c1-6-15-17(13(5)23)12(4)21-18(15)19(24)22-11(3)14-8-7-10(2)16(20)9-14/h7-9,11,21H,6H2,1-5H3,(H,22,24)/t11-/m1/s1. The van der Waals surface area contributed by atoms with E-state index in [1.165, 1.54) is 13.0 Å². The van der Waals surface area contributed by atoms with Crippen LogP contribution >= 0.6 is 0 Å². The topological polar surface area (TPSA) is 62.0 Å². The molecule has 2 rings (SSSR count). The molecular formula is C19H23FN2O2. The zero-order valence-electron chi connectivity index (χ0n) is 14.7. The van der Waals surface area contributed by atoms with Gasteiger partial charge in [0.25, 0.3) is 5.91 Å². The van der Waals surface area contributed by atoms with Crippen molar-refractivity contribution in [2.24, 2.45) is 0 Å². The molecule has 0 spiro atoms. The van der Waals surface area contributed by atoms with E-state index < -0.39 is 0 Å². The highest BCUT2D eigenvalue weighted by atomic mass is 19.1. The molecule has 2 N–H and O–H groups in total. The number of carbonyl (C=O) groups excluding carboxylic acids is 2. The number of benzene rings is 1. The van der Waals surface area contributed by atoms with E-state index >= 15 is 0 Å². The zero-order chi connectivity index (χ0) is 18.0. The molecule has 0 aliphatic rings. The number of hydrogen-bond acceptors (Lipinski definition) is 2. The predicted molar refractivity (Wildman–Crippen MR) is 91.9 cm³/mol. The molecule has 5 heteroatoms. The second-order valence-corrected chi connectivity index (χ2v) is 6.09. The van der Waals surface area contributed by atoms with Gasteiger partial charge in [-0.2, -0.15) is 0 Å². The molecule has 1 atom stereocenters. The largest absolute Gasteiger partial charge is 0.354 e. The van der Waals surface area contributed by atoms with Crippen molar-refractivity contribution in [1.29, 1.82) is 0 Å². The molecule has 2 aromatic rings. The third kappa shape index (κ3) is 3.40. The Labute approximate surface area is 141 Å². The number of aromatic amines is 1. The molecule has 0 saturated heterocycles. The number of amides is 1. The van der Waals surface area contributed by atoms with Crippen molar-refractivity contribution in [1.82, 2.24) is 10.3 Å². The monoisotopic (exact) mass is 330 g/mol. The number of hydrogen-bond donors (Lipinski definition) is 2. The van der Waals surface area contributed by atoms with Gasteiger partial charge in [0.1, 0.15) is 11.5 Å². The third-order valence-corrected chi connectivity index (χ3v) is 4.27. The second-order valence-electron chi connectivity index (χ2n) is 6.09. The van der Waals surface area contributed by atoms with Crippen molar-refractivity contribution in [3.05, 3.63) is 57.7 Å². The zero-order valence-corrected chi connectivity index (χ0v) is 14.7. The van der Waals surface area contributed by atoms with Crippen LogP contribution in [0.2, 0.25) is 0 Å². The number of Topliss-reactive ketones (excluding diaryl/α,β-unsaturated/α-hetero) is 1. The van der Waals surface area contributed by atoms with E-state index in [2.05, 4.69) is 10.3 Å². The Morgan fingerprint density at radius 3 is 2.50 bits per heavy atom. The van der Waals surface area contributed by atoms with Crippen LogP contribution in [0.4, 0.5) is 4.39 Å². The molecule has 1 amide bonds. The van der Waals surface area contributed by atoms with Crippen LogP contribution in [0.15, 0.2) is 18.2 Å². The van der Waals surface area contributed by atoms with Crippen molar-refractivity contribution in [3.8, 4) is 0 Å². The first-order valence-corrected chi connectivity index (χ1v) is 8.05. The van der Waals surface area contributed by atoms with Gasteiger partial charge in [-0.3, -0.25) is 9.59 Å². The summed E-state index contributed by atoms with van der Waals surface area (Å²) >= 11 is 0. The Bertz CT molecular complexity index is 793. The Balaban J connectivity index is 2.28. The number of carbonyl (C=O) groups is 2. The van der Waals surface area contributed by atoms with Crippen LogP contribution in [0.5, 0.6) is 0 Å².